The number of benzene rings is 1. The SMILES string of the molecule is COc1cc(C=O)cc(Br)c1OCc1nccn1C(F)F. The highest BCUT2D eigenvalue weighted by atomic mass is 79.9. The highest BCUT2D eigenvalue weighted by Crippen LogP contribution is 2.36. The van der Waals surface area contributed by atoms with E-state index in [-0.39, 0.29) is 12.4 Å². The molecule has 0 aliphatic rings. The Kier molecular flexibility index (Phi) is 4.89. The van der Waals surface area contributed by atoms with Gasteiger partial charge in [-0.25, -0.2) is 4.98 Å². The summed E-state index contributed by atoms with van der Waals surface area (Å²) >= 11 is 3.25. The van der Waals surface area contributed by atoms with Gasteiger partial charge >= 0.3 is 6.55 Å². The largest absolute Gasteiger partial charge is 0.493 e. The topological polar surface area (TPSA) is 53.4 Å². The molecular weight excluding hydrogens is 350 g/mol. The normalized spacial score (nSPS) is 10.7. The molecule has 0 saturated heterocycles. The van der Waals surface area contributed by atoms with Crippen LogP contribution in [0.1, 0.15) is 22.7 Å². The number of methoxy groups -OCH3 is 1. The molecule has 0 unspecified atom stereocenters. The van der Waals surface area contributed by atoms with Crippen LogP contribution >= 0.6 is 15.9 Å². The number of hydrogen-bond donors (Lipinski definition) is 0. The van der Waals surface area contributed by atoms with Crippen LogP contribution in [0.15, 0.2) is 29.0 Å². The van der Waals surface area contributed by atoms with Crippen LogP contribution in [0.25, 0.3) is 0 Å². The van der Waals surface area contributed by atoms with E-state index in [4.69, 9.17) is 9.47 Å². The molecule has 2 aromatic rings. The number of carbonyl (C=O) groups is 1. The molecule has 0 fully saturated rings. The van der Waals surface area contributed by atoms with Crippen molar-refractivity contribution in [3.8, 4) is 11.5 Å². The molecule has 5 nitrogen and oxygen atoms in total. The zero-order valence-corrected chi connectivity index (χ0v) is 12.5. The van der Waals surface area contributed by atoms with Gasteiger partial charge in [0.1, 0.15) is 12.9 Å². The monoisotopic (exact) mass is 360 g/mol. The van der Waals surface area contributed by atoms with Crippen LogP contribution in [0.2, 0.25) is 0 Å². The molecular formula is C13H11BrF2N2O3. The zero-order chi connectivity index (χ0) is 15.4. The summed E-state index contributed by atoms with van der Waals surface area (Å²) in [5.41, 5.74) is 0.403. The first-order chi connectivity index (χ1) is 10.1. The molecule has 0 atom stereocenters. The maximum Gasteiger partial charge on any atom is 0.320 e. The molecule has 0 spiro atoms. The van der Waals surface area contributed by atoms with Gasteiger partial charge in [-0.15, -0.1) is 0 Å². The van der Waals surface area contributed by atoms with E-state index in [0.717, 1.165) is 0 Å². The summed E-state index contributed by atoms with van der Waals surface area (Å²) in [5.74, 6) is 0.715. The number of imidazole rings is 1. The average Bonchev–Trinajstić information content (AvgIpc) is 2.93. The van der Waals surface area contributed by atoms with Gasteiger partial charge in [0, 0.05) is 18.0 Å². The van der Waals surface area contributed by atoms with Gasteiger partial charge in [-0.3, -0.25) is 9.36 Å². The van der Waals surface area contributed by atoms with E-state index in [1.807, 2.05) is 0 Å². The molecule has 0 radical (unpaired) electrons. The predicted molar refractivity (Wildman–Crippen MR) is 73.9 cm³/mol. The first-order valence-corrected chi connectivity index (χ1v) is 6.61. The molecule has 8 heteroatoms. The minimum Gasteiger partial charge on any atom is -0.493 e. The van der Waals surface area contributed by atoms with Crippen molar-refractivity contribution in [2.24, 2.45) is 0 Å². The number of halogens is 3. The van der Waals surface area contributed by atoms with Crippen molar-refractivity contribution in [2.75, 3.05) is 7.11 Å². The predicted octanol–water partition coefficient (Wildman–Crippen LogP) is 3.44. The van der Waals surface area contributed by atoms with Crippen molar-refractivity contribution in [1.82, 2.24) is 9.55 Å². The summed E-state index contributed by atoms with van der Waals surface area (Å²) in [6.07, 6.45) is 3.11. The van der Waals surface area contributed by atoms with Gasteiger partial charge in [0.05, 0.1) is 11.6 Å². The van der Waals surface area contributed by atoms with E-state index < -0.39 is 6.55 Å². The third kappa shape index (κ3) is 3.38. The lowest BCUT2D eigenvalue weighted by Gasteiger charge is -2.13. The molecule has 2 rings (SSSR count). The Hall–Kier alpha value is -1.96. The van der Waals surface area contributed by atoms with E-state index in [2.05, 4.69) is 20.9 Å². The van der Waals surface area contributed by atoms with E-state index in [1.54, 1.807) is 6.07 Å². The smallest absolute Gasteiger partial charge is 0.320 e. The fourth-order valence-electron chi connectivity index (χ4n) is 1.72. The number of aromatic nitrogens is 2. The molecule has 21 heavy (non-hydrogen) atoms. The number of alkyl halides is 2. The van der Waals surface area contributed by atoms with Crippen LogP contribution in [-0.4, -0.2) is 22.9 Å². The summed E-state index contributed by atoms with van der Waals surface area (Å²) in [6, 6.07) is 3.04. The number of aldehydes is 1. The number of carbonyl (C=O) groups excluding carboxylic acids is 1. The third-order valence-electron chi connectivity index (χ3n) is 2.69. The zero-order valence-electron chi connectivity index (χ0n) is 10.9. The van der Waals surface area contributed by atoms with Crippen LogP contribution in [0, 0.1) is 0 Å². The Labute approximate surface area is 127 Å². The molecule has 112 valence electrons. The summed E-state index contributed by atoms with van der Waals surface area (Å²) in [5, 5.41) is 0. The Morgan fingerprint density at radius 2 is 2.24 bits per heavy atom. The van der Waals surface area contributed by atoms with Crippen LogP contribution in [0.3, 0.4) is 0 Å². The van der Waals surface area contributed by atoms with Gasteiger partial charge in [0.2, 0.25) is 0 Å². The summed E-state index contributed by atoms with van der Waals surface area (Å²) in [6.45, 7) is -2.85. The second-order valence-electron chi connectivity index (χ2n) is 3.97. The molecule has 0 amide bonds. The summed E-state index contributed by atoms with van der Waals surface area (Å²) in [7, 11) is 1.42. The lowest BCUT2D eigenvalue weighted by molar-refractivity contribution is 0.0631. The van der Waals surface area contributed by atoms with E-state index in [1.165, 1.54) is 25.6 Å². The fraction of sp³-hybridized carbons (Fsp3) is 0.231. The van der Waals surface area contributed by atoms with Crippen molar-refractivity contribution < 1.29 is 23.0 Å². The number of rotatable bonds is 6. The Morgan fingerprint density at radius 3 is 2.86 bits per heavy atom. The van der Waals surface area contributed by atoms with Crippen molar-refractivity contribution >= 4 is 22.2 Å². The minimum absolute atomic E-state index is 0.0819. The van der Waals surface area contributed by atoms with E-state index >= 15 is 0 Å². The van der Waals surface area contributed by atoms with Crippen molar-refractivity contribution in [2.45, 2.75) is 13.2 Å². The van der Waals surface area contributed by atoms with Crippen LogP contribution in [0.4, 0.5) is 8.78 Å². The van der Waals surface area contributed by atoms with E-state index in [0.29, 0.717) is 32.4 Å². The lowest BCUT2D eigenvalue weighted by atomic mass is 10.2. The Balaban J connectivity index is 2.23. The highest BCUT2D eigenvalue weighted by molar-refractivity contribution is 9.10. The van der Waals surface area contributed by atoms with Gasteiger partial charge < -0.3 is 9.47 Å². The van der Waals surface area contributed by atoms with Crippen molar-refractivity contribution in [1.29, 1.82) is 0 Å². The van der Waals surface area contributed by atoms with Crippen molar-refractivity contribution in [3.05, 3.63) is 40.4 Å². The minimum atomic E-state index is -2.69. The number of hydrogen-bond acceptors (Lipinski definition) is 4. The molecule has 1 heterocycles. The summed E-state index contributed by atoms with van der Waals surface area (Å²) < 4.78 is 37.2. The third-order valence-corrected chi connectivity index (χ3v) is 3.28. The average molecular weight is 361 g/mol. The lowest BCUT2D eigenvalue weighted by Crippen LogP contribution is -2.08. The van der Waals surface area contributed by atoms with Gasteiger partial charge in [0.15, 0.2) is 17.3 Å². The van der Waals surface area contributed by atoms with Crippen LogP contribution in [0.5, 0.6) is 11.5 Å². The molecule has 1 aromatic carbocycles. The van der Waals surface area contributed by atoms with Crippen LogP contribution in [-0.2, 0) is 6.61 Å². The molecule has 0 saturated carbocycles. The number of nitrogens with zero attached hydrogens (tertiary/aromatic N) is 2. The fourth-order valence-corrected chi connectivity index (χ4v) is 2.29. The first-order valence-electron chi connectivity index (χ1n) is 5.82. The Bertz CT molecular complexity index is 646. The maximum absolute atomic E-state index is 12.7. The standard InChI is InChI=1S/C13H11BrF2N2O3/c1-20-10-5-8(6-19)4-9(14)12(10)21-7-11-17-2-3-18(11)13(15)16/h2-6,13H,7H2,1H3. The van der Waals surface area contributed by atoms with Gasteiger partial charge in [-0.05, 0) is 28.1 Å². The first kappa shape index (κ1) is 15.4. The van der Waals surface area contributed by atoms with Gasteiger partial charge in [-0.2, -0.15) is 8.78 Å². The molecule has 0 bridgehead atoms. The molecule has 1 aromatic heterocycles. The summed E-state index contributed by atoms with van der Waals surface area (Å²) in [4.78, 5) is 14.6. The van der Waals surface area contributed by atoms with Crippen LogP contribution < -0.4 is 9.47 Å². The Morgan fingerprint density at radius 1 is 1.48 bits per heavy atom. The quantitative estimate of drug-likeness (QED) is 0.740. The molecule has 0 aliphatic heterocycles. The van der Waals surface area contributed by atoms with Crippen molar-refractivity contribution in [3.63, 3.8) is 0 Å². The second-order valence-corrected chi connectivity index (χ2v) is 4.82. The number of ether oxygens (including phenoxy) is 2. The highest BCUT2D eigenvalue weighted by Gasteiger charge is 2.15. The van der Waals surface area contributed by atoms with Gasteiger partial charge in [-0.1, -0.05) is 0 Å². The maximum atomic E-state index is 12.7. The van der Waals surface area contributed by atoms with Gasteiger partial charge in [0.25, 0.3) is 0 Å². The molecule has 0 N–H and O–H groups in total. The molecule has 0 aliphatic carbocycles. The second kappa shape index (κ2) is 6.66. The van der Waals surface area contributed by atoms with E-state index in [9.17, 15) is 13.6 Å².